The van der Waals surface area contributed by atoms with E-state index < -0.39 is 5.97 Å². The van der Waals surface area contributed by atoms with Crippen molar-refractivity contribution in [3.05, 3.63) is 15.6 Å². The summed E-state index contributed by atoms with van der Waals surface area (Å²) in [5.74, 6) is -0.414. The Morgan fingerprint density at radius 3 is 2.89 bits per heavy atom. The number of piperidine rings is 1. The molecule has 0 saturated carbocycles. The molecule has 5 heteroatoms. The Morgan fingerprint density at radius 1 is 1.56 bits per heavy atom. The number of carboxylic acid groups (broad SMARTS) is 1. The Kier molecular flexibility index (Phi) is 4.35. The molecule has 1 aromatic heterocycles. The normalized spacial score (nSPS) is 20.3. The minimum atomic E-state index is -0.842. The molecule has 18 heavy (non-hydrogen) atoms. The standard InChI is InChI=1S/C13H20N2O2S/c1-8(2)7-10-11(13(16)17)18-12(15-10)9-5-3-4-6-14-9/h8-9,14H,3-7H2,1-2H3,(H,16,17). The van der Waals surface area contributed by atoms with Gasteiger partial charge in [0.15, 0.2) is 0 Å². The molecule has 0 spiro atoms. The molecule has 2 heterocycles. The van der Waals surface area contributed by atoms with Crippen molar-refractivity contribution in [2.24, 2.45) is 5.92 Å². The number of nitrogens with one attached hydrogen (secondary N) is 1. The third-order valence-electron chi connectivity index (χ3n) is 3.12. The van der Waals surface area contributed by atoms with Crippen molar-refractivity contribution in [3.63, 3.8) is 0 Å². The van der Waals surface area contributed by atoms with Crippen LogP contribution in [0.2, 0.25) is 0 Å². The summed E-state index contributed by atoms with van der Waals surface area (Å²) in [5, 5.41) is 13.6. The molecule has 0 aromatic carbocycles. The quantitative estimate of drug-likeness (QED) is 0.881. The number of hydrogen-bond acceptors (Lipinski definition) is 4. The highest BCUT2D eigenvalue weighted by Crippen LogP contribution is 2.30. The van der Waals surface area contributed by atoms with Crippen LogP contribution in [0.4, 0.5) is 0 Å². The van der Waals surface area contributed by atoms with E-state index in [1.807, 2.05) is 0 Å². The van der Waals surface area contributed by atoms with E-state index in [1.54, 1.807) is 0 Å². The molecule has 0 bridgehead atoms. The first-order valence-electron chi connectivity index (χ1n) is 6.54. The fourth-order valence-electron chi connectivity index (χ4n) is 2.27. The minimum absolute atomic E-state index is 0.253. The van der Waals surface area contributed by atoms with Crippen LogP contribution in [0, 0.1) is 5.92 Å². The van der Waals surface area contributed by atoms with Gasteiger partial charge < -0.3 is 10.4 Å². The van der Waals surface area contributed by atoms with Crippen LogP contribution in [-0.4, -0.2) is 22.6 Å². The molecular formula is C13H20N2O2S. The number of carboxylic acids is 1. The summed E-state index contributed by atoms with van der Waals surface area (Å²) in [7, 11) is 0. The lowest BCUT2D eigenvalue weighted by molar-refractivity contribution is 0.0700. The molecule has 2 rings (SSSR count). The first-order valence-corrected chi connectivity index (χ1v) is 7.36. The van der Waals surface area contributed by atoms with Crippen LogP contribution in [0.1, 0.15) is 59.5 Å². The maximum atomic E-state index is 11.2. The van der Waals surface area contributed by atoms with Gasteiger partial charge in [0.2, 0.25) is 0 Å². The monoisotopic (exact) mass is 268 g/mol. The SMILES string of the molecule is CC(C)Cc1nc(C2CCCCN2)sc1C(=O)O. The van der Waals surface area contributed by atoms with Gasteiger partial charge in [-0.3, -0.25) is 0 Å². The predicted molar refractivity (Wildman–Crippen MR) is 72.2 cm³/mol. The van der Waals surface area contributed by atoms with Gasteiger partial charge in [0.1, 0.15) is 9.88 Å². The molecule has 1 unspecified atom stereocenters. The molecule has 1 atom stereocenters. The molecule has 1 aromatic rings. The minimum Gasteiger partial charge on any atom is -0.477 e. The van der Waals surface area contributed by atoms with Crippen LogP contribution < -0.4 is 5.32 Å². The highest BCUT2D eigenvalue weighted by Gasteiger charge is 2.23. The van der Waals surface area contributed by atoms with Crippen LogP contribution in [0.15, 0.2) is 0 Å². The molecule has 0 amide bonds. The van der Waals surface area contributed by atoms with Gasteiger partial charge in [0.05, 0.1) is 11.7 Å². The van der Waals surface area contributed by atoms with Crippen molar-refractivity contribution in [1.82, 2.24) is 10.3 Å². The molecule has 1 aliphatic rings. The zero-order valence-corrected chi connectivity index (χ0v) is 11.7. The van der Waals surface area contributed by atoms with Crippen molar-refractivity contribution < 1.29 is 9.90 Å². The van der Waals surface area contributed by atoms with Crippen LogP contribution >= 0.6 is 11.3 Å². The lowest BCUT2D eigenvalue weighted by atomic mass is 10.1. The van der Waals surface area contributed by atoms with Gasteiger partial charge in [-0.1, -0.05) is 20.3 Å². The average Bonchev–Trinajstić information content (AvgIpc) is 2.73. The molecule has 2 N–H and O–H groups in total. The Hall–Kier alpha value is -0.940. The van der Waals surface area contributed by atoms with Gasteiger partial charge in [-0.2, -0.15) is 0 Å². The zero-order valence-electron chi connectivity index (χ0n) is 10.9. The molecule has 1 aliphatic heterocycles. The van der Waals surface area contributed by atoms with E-state index in [4.69, 9.17) is 0 Å². The fourth-order valence-corrected chi connectivity index (χ4v) is 3.32. The van der Waals surface area contributed by atoms with E-state index >= 15 is 0 Å². The predicted octanol–water partition coefficient (Wildman–Crippen LogP) is 2.85. The molecule has 1 fully saturated rings. The lowest BCUT2D eigenvalue weighted by Gasteiger charge is -2.21. The third kappa shape index (κ3) is 3.09. The van der Waals surface area contributed by atoms with Crippen molar-refractivity contribution in [2.45, 2.75) is 45.6 Å². The summed E-state index contributed by atoms with van der Waals surface area (Å²) < 4.78 is 0. The Balaban J connectivity index is 2.23. The fraction of sp³-hybridized carbons (Fsp3) is 0.692. The van der Waals surface area contributed by atoms with Crippen LogP contribution in [-0.2, 0) is 6.42 Å². The van der Waals surface area contributed by atoms with Gasteiger partial charge in [-0.15, -0.1) is 11.3 Å². The zero-order chi connectivity index (χ0) is 13.1. The molecule has 100 valence electrons. The van der Waals surface area contributed by atoms with E-state index in [1.165, 1.54) is 24.2 Å². The number of aromatic nitrogens is 1. The number of nitrogens with zero attached hydrogens (tertiary/aromatic N) is 1. The number of aromatic carboxylic acids is 1. The highest BCUT2D eigenvalue weighted by molar-refractivity contribution is 7.13. The van der Waals surface area contributed by atoms with E-state index in [2.05, 4.69) is 24.1 Å². The summed E-state index contributed by atoms with van der Waals surface area (Å²) in [4.78, 5) is 16.2. The first kappa shape index (κ1) is 13.5. The van der Waals surface area contributed by atoms with E-state index in [0.29, 0.717) is 10.8 Å². The van der Waals surface area contributed by atoms with E-state index in [9.17, 15) is 9.90 Å². The van der Waals surface area contributed by atoms with Crippen molar-refractivity contribution in [2.75, 3.05) is 6.54 Å². The maximum absolute atomic E-state index is 11.2. The summed E-state index contributed by atoms with van der Waals surface area (Å²) >= 11 is 1.34. The molecule has 0 aliphatic carbocycles. The topological polar surface area (TPSA) is 62.2 Å². The lowest BCUT2D eigenvalue weighted by Crippen LogP contribution is -2.26. The largest absolute Gasteiger partial charge is 0.477 e. The van der Waals surface area contributed by atoms with Gasteiger partial charge in [0.25, 0.3) is 0 Å². The number of thiazole rings is 1. The maximum Gasteiger partial charge on any atom is 0.347 e. The van der Waals surface area contributed by atoms with Crippen LogP contribution in [0.5, 0.6) is 0 Å². The van der Waals surface area contributed by atoms with Crippen LogP contribution in [0.25, 0.3) is 0 Å². The van der Waals surface area contributed by atoms with Crippen molar-refractivity contribution >= 4 is 17.3 Å². The van der Waals surface area contributed by atoms with Crippen molar-refractivity contribution in [3.8, 4) is 0 Å². The number of rotatable bonds is 4. The molecule has 0 radical (unpaired) electrons. The van der Waals surface area contributed by atoms with Crippen molar-refractivity contribution in [1.29, 1.82) is 0 Å². The Morgan fingerprint density at radius 2 is 2.33 bits per heavy atom. The second-order valence-electron chi connectivity index (χ2n) is 5.23. The van der Waals surface area contributed by atoms with Gasteiger partial charge in [0, 0.05) is 0 Å². The summed E-state index contributed by atoms with van der Waals surface area (Å²) in [6, 6.07) is 0.253. The average molecular weight is 268 g/mol. The van der Waals surface area contributed by atoms with Crippen LogP contribution in [0.3, 0.4) is 0 Å². The summed E-state index contributed by atoms with van der Waals surface area (Å²) in [6.45, 7) is 5.18. The molecular weight excluding hydrogens is 248 g/mol. The van der Waals surface area contributed by atoms with Gasteiger partial charge >= 0.3 is 5.97 Å². The van der Waals surface area contributed by atoms with Gasteiger partial charge in [-0.05, 0) is 31.7 Å². The van der Waals surface area contributed by atoms with Gasteiger partial charge in [-0.25, -0.2) is 9.78 Å². The third-order valence-corrected chi connectivity index (χ3v) is 4.32. The summed E-state index contributed by atoms with van der Waals surface area (Å²) in [5.41, 5.74) is 0.755. The highest BCUT2D eigenvalue weighted by atomic mass is 32.1. The first-order chi connectivity index (χ1) is 8.58. The summed E-state index contributed by atoms with van der Waals surface area (Å²) in [6.07, 6.45) is 4.20. The van der Waals surface area contributed by atoms with E-state index in [0.717, 1.165) is 30.1 Å². The number of carbonyl (C=O) groups is 1. The Bertz CT molecular complexity index is 423. The molecule has 1 saturated heterocycles. The number of hydrogen-bond donors (Lipinski definition) is 2. The smallest absolute Gasteiger partial charge is 0.347 e. The second-order valence-corrected chi connectivity index (χ2v) is 6.26. The second kappa shape index (κ2) is 5.80. The van der Waals surface area contributed by atoms with E-state index in [-0.39, 0.29) is 6.04 Å². The molecule has 4 nitrogen and oxygen atoms in total. The Labute approximate surface area is 111 Å².